The molecule has 2 amide bonds. The number of amides is 2. The second kappa shape index (κ2) is 8.90. The minimum Gasteiger partial charge on any atom is -0.495 e. The van der Waals surface area contributed by atoms with Crippen molar-refractivity contribution in [2.45, 2.75) is 38.8 Å². The highest BCUT2D eigenvalue weighted by molar-refractivity contribution is 5.98. The van der Waals surface area contributed by atoms with Gasteiger partial charge in [-0.2, -0.15) is 0 Å². The van der Waals surface area contributed by atoms with Crippen LogP contribution in [0, 0.1) is 0 Å². The van der Waals surface area contributed by atoms with E-state index < -0.39 is 17.7 Å². The minimum absolute atomic E-state index is 0.296. The van der Waals surface area contributed by atoms with E-state index >= 15 is 0 Å². The minimum atomic E-state index is -0.844. The standard InChI is InChI=1S/C23H27N3O4/c1-23(2,3)30-22(28)26-19(13-15-14-24-17-10-6-5-9-16(15)17)21(27)25-18-11-7-8-12-20(18)29-4/h5-12,14,19,24H,13H2,1-4H3,(H,25,27)(H,26,28)/t19-/m1/s1. The molecule has 0 bridgehead atoms. The number of nitrogens with one attached hydrogen (secondary N) is 3. The average Bonchev–Trinajstić information content (AvgIpc) is 3.09. The largest absolute Gasteiger partial charge is 0.495 e. The number of alkyl carbamates (subject to hydrolysis) is 1. The molecule has 30 heavy (non-hydrogen) atoms. The summed E-state index contributed by atoms with van der Waals surface area (Å²) in [6.45, 7) is 5.32. The first-order chi connectivity index (χ1) is 14.3. The summed E-state index contributed by atoms with van der Waals surface area (Å²) in [5.74, 6) is 0.171. The molecule has 7 heteroatoms. The van der Waals surface area contributed by atoms with E-state index in [1.165, 1.54) is 7.11 Å². The van der Waals surface area contributed by atoms with Crippen LogP contribution in [-0.2, 0) is 16.0 Å². The van der Waals surface area contributed by atoms with Crippen LogP contribution in [0.2, 0.25) is 0 Å². The first-order valence-electron chi connectivity index (χ1n) is 9.75. The normalized spacial score (nSPS) is 12.3. The second-order valence-electron chi connectivity index (χ2n) is 7.95. The third-order valence-corrected chi connectivity index (χ3v) is 4.47. The Morgan fingerprint density at radius 1 is 1.07 bits per heavy atom. The molecule has 3 N–H and O–H groups in total. The van der Waals surface area contributed by atoms with Gasteiger partial charge in [-0.1, -0.05) is 30.3 Å². The number of hydrogen-bond acceptors (Lipinski definition) is 4. The number of hydrogen-bond donors (Lipinski definition) is 3. The van der Waals surface area contributed by atoms with Gasteiger partial charge in [0, 0.05) is 23.5 Å². The maximum Gasteiger partial charge on any atom is 0.408 e. The molecule has 0 saturated heterocycles. The number of ether oxygens (including phenoxy) is 2. The van der Waals surface area contributed by atoms with Gasteiger partial charge in [0.15, 0.2) is 0 Å². The summed E-state index contributed by atoms with van der Waals surface area (Å²) in [7, 11) is 1.54. The van der Waals surface area contributed by atoms with Crippen molar-refractivity contribution in [3.63, 3.8) is 0 Å². The summed E-state index contributed by atoms with van der Waals surface area (Å²) in [6.07, 6.45) is 1.50. The highest BCUT2D eigenvalue weighted by Crippen LogP contribution is 2.24. The molecule has 0 unspecified atom stereocenters. The zero-order chi connectivity index (χ0) is 21.7. The van der Waals surface area contributed by atoms with Gasteiger partial charge in [-0.05, 0) is 44.5 Å². The number of rotatable bonds is 6. The first-order valence-corrected chi connectivity index (χ1v) is 9.75. The van der Waals surface area contributed by atoms with Crippen LogP contribution in [0.4, 0.5) is 10.5 Å². The molecule has 0 saturated carbocycles. The van der Waals surface area contributed by atoms with Crippen LogP contribution in [0.3, 0.4) is 0 Å². The third kappa shape index (κ3) is 5.31. The molecule has 1 heterocycles. The van der Waals surface area contributed by atoms with Gasteiger partial charge in [0.2, 0.25) is 5.91 Å². The van der Waals surface area contributed by atoms with Crippen molar-refractivity contribution in [1.29, 1.82) is 0 Å². The van der Waals surface area contributed by atoms with E-state index in [1.807, 2.05) is 36.5 Å². The number of anilines is 1. The van der Waals surface area contributed by atoms with E-state index in [9.17, 15) is 9.59 Å². The van der Waals surface area contributed by atoms with Crippen molar-refractivity contribution in [3.05, 3.63) is 60.3 Å². The molecule has 0 aliphatic rings. The van der Waals surface area contributed by atoms with Crippen molar-refractivity contribution in [2.75, 3.05) is 12.4 Å². The summed E-state index contributed by atoms with van der Waals surface area (Å²) >= 11 is 0. The Balaban J connectivity index is 1.84. The Kier molecular flexibility index (Phi) is 6.30. The van der Waals surface area contributed by atoms with Crippen LogP contribution >= 0.6 is 0 Å². The Morgan fingerprint density at radius 3 is 2.50 bits per heavy atom. The summed E-state index contributed by atoms with van der Waals surface area (Å²) < 4.78 is 10.7. The average molecular weight is 409 g/mol. The molecule has 3 aromatic rings. The predicted molar refractivity (Wildman–Crippen MR) is 117 cm³/mol. The fourth-order valence-corrected chi connectivity index (χ4v) is 3.15. The number of aromatic nitrogens is 1. The molecular weight excluding hydrogens is 382 g/mol. The maximum absolute atomic E-state index is 13.1. The van der Waals surface area contributed by atoms with Gasteiger partial charge in [-0.3, -0.25) is 4.79 Å². The number of carbonyl (C=O) groups is 2. The molecule has 0 aliphatic carbocycles. The molecular formula is C23H27N3O4. The summed E-state index contributed by atoms with van der Waals surface area (Å²) in [5, 5.41) is 6.55. The smallest absolute Gasteiger partial charge is 0.408 e. The van der Waals surface area contributed by atoms with E-state index in [4.69, 9.17) is 9.47 Å². The number of methoxy groups -OCH3 is 1. The number of H-pyrrole nitrogens is 1. The number of aromatic amines is 1. The van der Waals surface area contributed by atoms with Crippen LogP contribution in [0.15, 0.2) is 54.7 Å². The molecule has 0 fully saturated rings. The van der Waals surface area contributed by atoms with Crippen molar-refractivity contribution in [2.24, 2.45) is 0 Å². The van der Waals surface area contributed by atoms with Crippen molar-refractivity contribution < 1.29 is 19.1 Å². The lowest BCUT2D eigenvalue weighted by atomic mass is 10.0. The molecule has 2 aromatic carbocycles. The quantitative estimate of drug-likeness (QED) is 0.567. The fourth-order valence-electron chi connectivity index (χ4n) is 3.15. The molecule has 0 radical (unpaired) electrons. The van der Waals surface area contributed by atoms with Crippen LogP contribution in [0.5, 0.6) is 5.75 Å². The van der Waals surface area contributed by atoms with E-state index in [0.717, 1.165) is 16.5 Å². The highest BCUT2D eigenvalue weighted by Gasteiger charge is 2.26. The van der Waals surface area contributed by atoms with Crippen molar-refractivity contribution in [3.8, 4) is 5.75 Å². The number of carbonyl (C=O) groups excluding carboxylic acids is 2. The van der Waals surface area contributed by atoms with E-state index in [-0.39, 0.29) is 5.91 Å². The Labute approximate surface area is 175 Å². The predicted octanol–water partition coefficient (Wildman–Crippen LogP) is 4.25. The molecule has 1 atom stereocenters. The monoisotopic (exact) mass is 409 g/mol. The van der Waals surface area contributed by atoms with Gasteiger partial charge in [0.25, 0.3) is 0 Å². The zero-order valence-corrected chi connectivity index (χ0v) is 17.6. The molecule has 0 aliphatic heterocycles. The van der Waals surface area contributed by atoms with Gasteiger partial charge in [-0.15, -0.1) is 0 Å². The lowest BCUT2D eigenvalue weighted by molar-refractivity contribution is -0.118. The maximum atomic E-state index is 13.1. The summed E-state index contributed by atoms with van der Waals surface area (Å²) in [5.41, 5.74) is 1.74. The van der Waals surface area contributed by atoms with E-state index in [2.05, 4.69) is 15.6 Å². The second-order valence-corrected chi connectivity index (χ2v) is 7.95. The van der Waals surface area contributed by atoms with Gasteiger partial charge < -0.3 is 25.1 Å². The molecule has 3 rings (SSSR count). The van der Waals surface area contributed by atoms with Crippen molar-refractivity contribution >= 4 is 28.6 Å². The number of fused-ring (bicyclic) bond motifs is 1. The number of benzene rings is 2. The van der Waals surface area contributed by atoms with E-state index in [1.54, 1.807) is 39.0 Å². The van der Waals surface area contributed by atoms with Gasteiger partial charge in [-0.25, -0.2) is 4.79 Å². The lowest BCUT2D eigenvalue weighted by Gasteiger charge is -2.23. The topological polar surface area (TPSA) is 92.5 Å². The van der Waals surface area contributed by atoms with E-state index in [0.29, 0.717) is 17.9 Å². The van der Waals surface area contributed by atoms with Crippen LogP contribution in [0.25, 0.3) is 10.9 Å². The van der Waals surface area contributed by atoms with Gasteiger partial charge in [0.05, 0.1) is 12.8 Å². The van der Waals surface area contributed by atoms with Gasteiger partial charge >= 0.3 is 6.09 Å². The zero-order valence-electron chi connectivity index (χ0n) is 17.6. The lowest BCUT2D eigenvalue weighted by Crippen LogP contribution is -2.47. The fraction of sp³-hybridized carbons (Fsp3) is 0.304. The SMILES string of the molecule is COc1ccccc1NC(=O)[C@@H](Cc1c[nH]c2ccccc12)NC(=O)OC(C)(C)C. The van der Waals surface area contributed by atoms with Crippen LogP contribution < -0.4 is 15.4 Å². The summed E-state index contributed by atoms with van der Waals surface area (Å²) in [6, 6.07) is 14.1. The highest BCUT2D eigenvalue weighted by atomic mass is 16.6. The van der Waals surface area contributed by atoms with Gasteiger partial charge in [0.1, 0.15) is 17.4 Å². The van der Waals surface area contributed by atoms with Crippen LogP contribution in [-0.4, -0.2) is 35.7 Å². The Morgan fingerprint density at radius 2 is 1.77 bits per heavy atom. The van der Waals surface area contributed by atoms with Crippen molar-refractivity contribution in [1.82, 2.24) is 10.3 Å². The molecule has 1 aromatic heterocycles. The molecule has 158 valence electrons. The Hall–Kier alpha value is -3.48. The first kappa shape index (κ1) is 21.2. The van der Waals surface area contributed by atoms with Crippen LogP contribution in [0.1, 0.15) is 26.3 Å². The number of para-hydroxylation sites is 3. The Bertz CT molecular complexity index is 1040. The molecule has 0 spiro atoms. The summed E-state index contributed by atoms with van der Waals surface area (Å²) in [4.78, 5) is 28.7. The third-order valence-electron chi connectivity index (χ3n) is 4.47. The molecule has 7 nitrogen and oxygen atoms in total.